The summed E-state index contributed by atoms with van der Waals surface area (Å²) in [6.07, 6.45) is 10.8. The van der Waals surface area contributed by atoms with Gasteiger partial charge < -0.3 is 4.81 Å². The van der Waals surface area contributed by atoms with E-state index < -0.39 is 0 Å². The second-order valence-corrected chi connectivity index (χ2v) is 12.1. The molecule has 0 aliphatic carbocycles. The molecule has 2 heterocycles. The maximum Gasteiger partial charge on any atom is 0.312 e. The van der Waals surface area contributed by atoms with Gasteiger partial charge in [0.1, 0.15) is 0 Å². The third-order valence-corrected chi connectivity index (χ3v) is 9.50. The first-order chi connectivity index (χ1) is 22.8. The largest absolute Gasteiger partial charge is 0.389 e. The minimum absolute atomic E-state index is 0.304. The standard InChI is InChI=1S/C44H30BN/c1-2-12-37-32(10-1)11-9-17-38(37)33-20-24-35(25-21-33)44-41-15-5-3-13-39(41)43(40-14-4-6-16-42(40)44)34-22-18-31(19-23-34)36-26-28-45-27-7-8-29-46(45)30-36/h1-30H. The molecule has 0 saturated heterocycles. The molecule has 0 bridgehead atoms. The Morgan fingerprint density at radius 3 is 1.57 bits per heavy atom. The molecule has 1 nitrogen and oxygen atoms in total. The highest BCUT2D eigenvalue weighted by Gasteiger charge is 2.20. The Hall–Kier alpha value is -5.86. The lowest BCUT2D eigenvalue weighted by atomic mass is 9.58. The Labute approximate surface area is 269 Å². The molecule has 7 aromatic rings. The maximum absolute atomic E-state index is 2.29. The lowest BCUT2D eigenvalue weighted by molar-refractivity contribution is 0.794. The van der Waals surface area contributed by atoms with Crippen LogP contribution in [0.25, 0.3) is 71.3 Å². The molecule has 0 atom stereocenters. The summed E-state index contributed by atoms with van der Waals surface area (Å²) in [6.45, 7) is 0.304. The first-order valence-corrected chi connectivity index (χ1v) is 16.0. The Kier molecular flexibility index (Phi) is 6.31. The van der Waals surface area contributed by atoms with Crippen molar-refractivity contribution in [2.45, 2.75) is 0 Å². The molecule has 0 fully saturated rings. The summed E-state index contributed by atoms with van der Waals surface area (Å²) in [7, 11) is 0. The molecule has 2 aliphatic heterocycles. The van der Waals surface area contributed by atoms with Gasteiger partial charge in [-0.05, 0) is 95.3 Å². The van der Waals surface area contributed by atoms with E-state index >= 15 is 0 Å². The van der Waals surface area contributed by atoms with Crippen molar-refractivity contribution in [1.29, 1.82) is 0 Å². The first kappa shape index (κ1) is 26.5. The lowest BCUT2D eigenvalue weighted by Crippen LogP contribution is -2.31. The predicted molar refractivity (Wildman–Crippen MR) is 198 cm³/mol. The van der Waals surface area contributed by atoms with Crippen molar-refractivity contribution in [3.05, 3.63) is 188 Å². The van der Waals surface area contributed by atoms with Gasteiger partial charge in [-0.25, -0.2) is 0 Å². The van der Waals surface area contributed by atoms with Crippen LogP contribution in [-0.4, -0.2) is 11.7 Å². The fourth-order valence-corrected chi connectivity index (χ4v) is 7.27. The highest BCUT2D eigenvalue weighted by atomic mass is 15.0. The summed E-state index contributed by atoms with van der Waals surface area (Å²) < 4.78 is 0. The summed E-state index contributed by atoms with van der Waals surface area (Å²) >= 11 is 0. The number of benzene rings is 7. The van der Waals surface area contributed by atoms with Crippen LogP contribution in [0.4, 0.5) is 0 Å². The van der Waals surface area contributed by atoms with Crippen LogP contribution in [0.3, 0.4) is 0 Å². The molecule has 0 unspecified atom stereocenters. The van der Waals surface area contributed by atoms with Crippen molar-refractivity contribution < 1.29 is 0 Å². The Morgan fingerprint density at radius 2 is 0.935 bits per heavy atom. The topological polar surface area (TPSA) is 3.24 Å². The van der Waals surface area contributed by atoms with Gasteiger partial charge in [-0.1, -0.05) is 164 Å². The number of allylic oxidation sites excluding steroid dienone is 4. The molecular weight excluding hydrogens is 553 g/mol. The van der Waals surface area contributed by atoms with E-state index in [0.29, 0.717) is 6.85 Å². The van der Waals surface area contributed by atoms with E-state index in [9.17, 15) is 0 Å². The molecule has 0 amide bonds. The van der Waals surface area contributed by atoms with E-state index in [1.807, 2.05) is 0 Å². The van der Waals surface area contributed by atoms with Crippen LogP contribution < -0.4 is 0 Å². The van der Waals surface area contributed by atoms with E-state index in [2.05, 4.69) is 187 Å². The molecule has 2 heteroatoms. The fraction of sp³-hybridized carbons (Fsp3) is 0. The van der Waals surface area contributed by atoms with Crippen molar-refractivity contribution >= 4 is 44.7 Å². The van der Waals surface area contributed by atoms with Gasteiger partial charge in [-0.2, -0.15) is 0 Å². The van der Waals surface area contributed by atoms with Crippen LogP contribution in [0.1, 0.15) is 5.56 Å². The molecule has 9 rings (SSSR count). The number of rotatable bonds is 4. The second-order valence-electron chi connectivity index (χ2n) is 12.1. The zero-order valence-corrected chi connectivity index (χ0v) is 25.3. The van der Waals surface area contributed by atoms with Gasteiger partial charge in [0.2, 0.25) is 0 Å². The van der Waals surface area contributed by atoms with Crippen LogP contribution in [0, 0.1) is 0 Å². The van der Waals surface area contributed by atoms with E-state index in [0.717, 1.165) is 0 Å². The third-order valence-electron chi connectivity index (χ3n) is 9.50. The highest BCUT2D eigenvalue weighted by Crippen LogP contribution is 2.44. The van der Waals surface area contributed by atoms with Crippen molar-refractivity contribution in [3.8, 4) is 33.4 Å². The van der Waals surface area contributed by atoms with Gasteiger partial charge in [0.15, 0.2) is 0 Å². The van der Waals surface area contributed by atoms with Crippen molar-refractivity contribution in [2.75, 3.05) is 0 Å². The minimum Gasteiger partial charge on any atom is -0.389 e. The average molecular weight is 584 g/mol. The Morgan fingerprint density at radius 1 is 0.413 bits per heavy atom. The molecule has 0 aromatic heterocycles. The summed E-state index contributed by atoms with van der Waals surface area (Å²) in [5, 5.41) is 7.63. The SMILES string of the molecule is C1=CB2C=CC(c3ccc(-c4c5ccccc5c(-c5ccc(-c6cccc7ccccc67)cc5)c5ccccc45)cc3)=CN2C=C1. The van der Waals surface area contributed by atoms with Crippen LogP contribution in [0.2, 0.25) is 0 Å². The van der Waals surface area contributed by atoms with Crippen molar-refractivity contribution in [3.63, 3.8) is 0 Å². The molecule has 0 saturated carbocycles. The van der Waals surface area contributed by atoms with Gasteiger partial charge >= 0.3 is 6.85 Å². The van der Waals surface area contributed by atoms with Crippen LogP contribution >= 0.6 is 0 Å². The number of nitrogens with zero attached hydrogens (tertiary/aromatic N) is 1. The first-order valence-electron chi connectivity index (χ1n) is 16.0. The zero-order chi connectivity index (χ0) is 30.5. The molecule has 0 spiro atoms. The van der Waals surface area contributed by atoms with E-state index in [1.165, 1.54) is 76.8 Å². The minimum atomic E-state index is 0.304. The Balaban J connectivity index is 1.16. The predicted octanol–water partition coefficient (Wildman–Crippen LogP) is 11.5. The quantitative estimate of drug-likeness (QED) is 0.147. The van der Waals surface area contributed by atoms with Gasteiger partial charge in [-0.15, -0.1) is 0 Å². The van der Waals surface area contributed by atoms with E-state index in [1.54, 1.807) is 0 Å². The van der Waals surface area contributed by atoms with Crippen LogP contribution in [0.15, 0.2) is 182 Å². The Bertz CT molecular complexity index is 2350. The lowest BCUT2D eigenvalue weighted by Gasteiger charge is -2.26. The molecule has 2 aliphatic rings. The third kappa shape index (κ3) is 4.42. The molecule has 46 heavy (non-hydrogen) atoms. The molecule has 0 N–H and O–H groups in total. The zero-order valence-electron chi connectivity index (χ0n) is 25.3. The smallest absolute Gasteiger partial charge is 0.312 e. The van der Waals surface area contributed by atoms with Crippen LogP contribution in [0.5, 0.6) is 0 Å². The second kappa shape index (κ2) is 10.9. The van der Waals surface area contributed by atoms with E-state index in [-0.39, 0.29) is 0 Å². The van der Waals surface area contributed by atoms with Gasteiger partial charge in [-0.3, -0.25) is 0 Å². The number of hydrogen-bond acceptors (Lipinski definition) is 1. The molecule has 214 valence electrons. The normalized spacial score (nSPS) is 13.9. The van der Waals surface area contributed by atoms with Crippen molar-refractivity contribution in [1.82, 2.24) is 4.81 Å². The molecular formula is C44H30BN. The van der Waals surface area contributed by atoms with Crippen molar-refractivity contribution in [2.24, 2.45) is 0 Å². The summed E-state index contributed by atoms with van der Waals surface area (Å²) in [5.41, 5.74) is 9.97. The fourth-order valence-electron chi connectivity index (χ4n) is 7.27. The summed E-state index contributed by atoms with van der Waals surface area (Å²) in [6, 6.07) is 51.2. The van der Waals surface area contributed by atoms with E-state index in [4.69, 9.17) is 0 Å². The summed E-state index contributed by atoms with van der Waals surface area (Å²) in [5.74, 6) is 4.48. The monoisotopic (exact) mass is 583 g/mol. The average Bonchev–Trinajstić information content (AvgIpc) is 3.13. The number of hydrogen-bond donors (Lipinski definition) is 0. The summed E-state index contributed by atoms with van der Waals surface area (Å²) in [4.78, 5) is 2.26. The number of fused-ring (bicyclic) bond motifs is 4. The van der Waals surface area contributed by atoms with Gasteiger partial charge in [0.25, 0.3) is 0 Å². The van der Waals surface area contributed by atoms with Gasteiger partial charge in [0.05, 0.1) is 0 Å². The molecule has 0 radical (unpaired) electrons. The van der Waals surface area contributed by atoms with Gasteiger partial charge in [0, 0.05) is 0 Å². The van der Waals surface area contributed by atoms with Crippen LogP contribution in [-0.2, 0) is 0 Å². The molecule has 7 aromatic carbocycles. The maximum atomic E-state index is 2.29. The highest BCUT2D eigenvalue weighted by molar-refractivity contribution is 6.68.